The highest BCUT2D eigenvalue weighted by atomic mass is 28.4. The summed E-state index contributed by atoms with van der Waals surface area (Å²) in [5, 5.41) is 10.2. The van der Waals surface area contributed by atoms with Gasteiger partial charge >= 0.3 is 5.69 Å². The van der Waals surface area contributed by atoms with Gasteiger partial charge in [0.25, 0.3) is 5.56 Å². The number of ether oxygens (including phenoxy) is 1. The molecule has 1 aromatic heterocycles. The number of rotatable bonds is 4. The van der Waals surface area contributed by atoms with E-state index in [2.05, 4.69) is 33.9 Å². The third-order valence-corrected chi connectivity index (χ3v) is 9.35. The van der Waals surface area contributed by atoms with E-state index in [1.54, 1.807) is 0 Å². The van der Waals surface area contributed by atoms with Crippen LogP contribution in [0.15, 0.2) is 15.8 Å². The molecule has 0 spiro atoms. The zero-order chi connectivity index (χ0) is 18.3. The van der Waals surface area contributed by atoms with Crippen LogP contribution in [-0.2, 0) is 9.16 Å². The molecule has 2 rings (SSSR count). The van der Waals surface area contributed by atoms with Gasteiger partial charge in [-0.25, -0.2) is 4.79 Å². The number of aliphatic hydroxyl groups excluding tert-OH is 1. The summed E-state index contributed by atoms with van der Waals surface area (Å²) < 4.78 is 26.1. The number of hydrogen-bond donors (Lipinski definition) is 2. The van der Waals surface area contributed by atoms with Crippen molar-refractivity contribution in [3.05, 3.63) is 32.9 Å². The number of nitrogens with zero attached hydrogens (tertiary/aromatic N) is 1. The Labute approximate surface area is 140 Å². The van der Waals surface area contributed by atoms with E-state index >= 15 is 0 Å². The van der Waals surface area contributed by atoms with E-state index in [0.29, 0.717) is 0 Å². The fourth-order valence-corrected chi connectivity index (χ4v) is 3.23. The molecule has 1 aromatic rings. The van der Waals surface area contributed by atoms with Gasteiger partial charge in [0.15, 0.2) is 8.32 Å². The average Bonchev–Trinajstić information content (AvgIpc) is 2.80. The summed E-state index contributed by atoms with van der Waals surface area (Å²) in [4.78, 5) is 24.8. The van der Waals surface area contributed by atoms with E-state index in [9.17, 15) is 19.1 Å². The molecule has 0 saturated carbocycles. The second kappa shape index (κ2) is 6.55. The van der Waals surface area contributed by atoms with Crippen molar-refractivity contribution in [3.8, 4) is 0 Å². The molecule has 2 heterocycles. The lowest BCUT2D eigenvalue weighted by Gasteiger charge is -2.37. The standard InChI is InChI=1S/C15H25FN2O5Si/c1-15(2,3)24(4,5)22-8-11-10(19)6-12(23-11)18-7-9(16)13(20)17-14(18)21/h7,10-12,19H,6,8H2,1-5H3,(H,17,20,21). The highest BCUT2D eigenvalue weighted by molar-refractivity contribution is 6.74. The second-order valence-electron chi connectivity index (χ2n) is 7.65. The zero-order valence-electron chi connectivity index (χ0n) is 14.6. The highest BCUT2D eigenvalue weighted by Crippen LogP contribution is 2.37. The first-order valence-corrected chi connectivity index (χ1v) is 10.8. The number of aliphatic hydroxyl groups is 1. The van der Waals surface area contributed by atoms with Crippen molar-refractivity contribution in [3.63, 3.8) is 0 Å². The fraction of sp³-hybridized carbons (Fsp3) is 0.733. The van der Waals surface area contributed by atoms with Crippen LogP contribution in [0.1, 0.15) is 33.4 Å². The van der Waals surface area contributed by atoms with Crippen molar-refractivity contribution in [2.75, 3.05) is 6.61 Å². The van der Waals surface area contributed by atoms with E-state index in [1.165, 1.54) is 0 Å². The number of aromatic nitrogens is 2. The minimum Gasteiger partial charge on any atom is -0.414 e. The number of nitrogens with one attached hydrogen (secondary N) is 1. The molecule has 0 bridgehead atoms. The third-order valence-electron chi connectivity index (χ3n) is 4.85. The SMILES string of the molecule is CC(C)(C)[Si](C)(C)OCC1OC(n2cc(F)c(=O)[nH]c2=O)CC1O. The quantitative estimate of drug-likeness (QED) is 0.791. The molecule has 0 aliphatic carbocycles. The minimum atomic E-state index is -2.00. The molecule has 7 nitrogen and oxygen atoms in total. The fourth-order valence-electron chi connectivity index (χ4n) is 2.22. The molecule has 136 valence electrons. The second-order valence-corrected chi connectivity index (χ2v) is 12.5. The number of hydrogen-bond acceptors (Lipinski definition) is 5. The van der Waals surface area contributed by atoms with Crippen molar-refractivity contribution in [2.45, 2.75) is 63.8 Å². The van der Waals surface area contributed by atoms with Crippen molar-refractivity contribution in [1.29, 1.82) is 0 Å². The summed E-state index contributed by atoms with van der Waals surface area (Å²) in [6.07, 6.45) is -1.36. The minimum absolute atomic E-state index is 0.0228. The van der Waals surface area contributed by atoms with Crippen LogP contribution in [-0.4, -0.2) is 41.8 Å². The summed E-state index contributed by atoms with van der Waals surface area (Å²) in [6, 6.07) is 0. The Morgan fingerprint density at radius 3 is 2.67 bits per heavy atom. The van der Waals surface area contributed by atoms with Crippen molar-refractivity contribution >= 4 is 8.32 Å². The van der Waals surface area contributed by atoms with E-state index < -0.39 is 43.8 Å². The Morgan fingerprint density at radius 2 is 2.08 bits per heavy atom. The van der Waals surface area contributed by atoms with E-state index in [0.717, 1.165) is 10.8 Å². The Kier molecular flexibility index (Phi) is 5.19. The van der Waals surface area contributed by atoms with Gasteiger partial charge in [-0.05, 0) is 18.1 Å². The molecular formula is C15H25FN2O5Si. The molecule has 1 aliphatic rings. The van der Waals surface area contributed by atoms with Crippen molar-refractivity contribution in [1.82, 2.24) is 9.55 Å². The van der Waals surface area contributed by atoms with Crippen molar-refractivity contribution < 1.29 is 18.7 Å². The maximum absolute atomic E-state index is 13.4. The molecule has 1 saturated heterocycles. The predicted octanol–water partition coefficient (Wildman–Crippen LogP) is 1.35. The van der Waals surface area contributed by atoms with Gasteiger partial charge in [-0.3, -0.25) is 14.3 Å². The monoisotopic (exact) mass is 360 g/mol. The Balaban J connectivity index is 2.09. The van der Waals surface area contributed by atoms with Gasteiger partial charge in [0, 0.05) is 6.42 Å². The number of halogens is 1. The summed E-state index contributed by atoms with van der Waals surface area (Å²) >= 11 is 0. The summed E-state index contributed by atoms with van der Waals surface area (Å²) in [5.74, 6) is -1.08. The van der Waals surface area contributed by atoms with Crippen LogP contribution in [0.25, 0.3) is 0 Å². The van der Waals surface area contributed by atoms with Crippen LogP contribution >= 0.6 is 0 Å². The lowest BCUT2D eigenvalue weighted by Crippen LogP contribution is -2.44. The number of H-pyrrole nitrogens is 1. The molecule has 2 N–H and O–H groups in total. The summed E-state index contributed by atoms with van der Waals surface area (Å²) in [6.45, 7) is 10.7. The van der Waals surface area contributed by atoms with Crippen LogP contribution in [0.2, 0.25) is 18.1 Å². The molecule has 3 unspecified atom stereocenters. The van der Waals surface area contributed by atoms with Gasteiger partial charge in [0.05, 0.1) is 18.9 Å². The first-order valence-electron chi connectivity index (χ1n) is 7.91. The third kappa shape index (κ3) is 3.85. The summed E-state index contributed by atoms with van der Waals surface area (Å²) in [5.41, 5.74) is -1.85. The maximum Gasteiger partial charge on any atom is 0.330 e. The molecular weight excluding hydrogens is 335 g/mol. The predicted molar refractivity (Wildman–Crippen MR) is 89.0 cm³/mol. The van der Waals surface area contributed by atoms with Gasteiger partial charge in [0.1, 0.15) is 12.3 Å². The Hall–Kier alpha value is -1.29. The normalized spacial score (nSPS) is 25.2. The van der Waals surface area contributed by atoms with Crippen LogP contribution in [0.5, 0.6) is 0 Å². The van der Waals surface area contributed by atoms with E-state index in [-0.39, 0.29) is 18.1 Å². The molecule has 0 radical (unpaired) electrons. The molecule has 1 fully saturated rings. The maximum atomic E-state index is 13.4. The number of aromatic amines is 1. The lowest BCUT2D eigenvalue weighted by atomic mass is 10.2. The van der Waals surface area contributed by atoms with Crippen LogP contribution in [0.3, 0.4) is 0 Å². The largest absolute Gasteiger partial charge is 0.414 e. The van der Waals surface area contributed by atoms with E-state index in [1.807, 2.05) is 4.98 Å². The lowest BCUT2D eigenvalue weighted by molar-refractivity contribution is -0.0435. The molecule has 24 heavy (non-hydrogen) atoms. The molecule has 0 amide bonds. The van der Waals surface area contributed by atoms with Crippen LogP contribution in [0, 0.1) is 5.82 Å². The van der Waals surface area contributed by atoms with Gasteiger partial charge in [-0.15, -0.1) is 0 Å². The molecule has 3 atom stereocenters. The van der Waals surface area contributed by atoms with Gasteiger partial charge in [0.2, 0.25) is 5.82 Å². The first-order chi connectivity index (χ1) is 10.9. The average molecular weight is 360 g/mol. The van der Waals surface area contributed by atoms with E-state index in [4.69, 9.17) is 9.16 Å². The first kappa shape index (κ1) is 19.0. The van der Waals surface area contributed by atoms with Crippen molar-refractivity contribution in [2.24, 2.45) is 0 Å². The molecule has 0 aromatic carbocycles. The van der Waals surface area contributed by atoms with Gasteiger partial charge in [-0.1, -0.05) is 20.8 Å². The smallest absolute Gasteiger partial charge is 0.330 e. The zero-order valence-corrected chi connectivity index (χ0v) is 15.6. The van der Waals surface area contributed by atoms with Crippen LogP contribution in [0.4, 0.5) is 4.39 Å². The van der Waals surface area contributed by atoms with Gasteiger partial charge in [-0.2, -0.15) is 4.39 Å². The topological polar surface area (TPSA) is 93.5 Å². The summed E-state index contributed by atoms with van der Waals surface area (Å²) in [7, 11) is -2.00. The highest BCUT2D eigenvalue weighted by Gasteiger charge is 2.41. The Bertz CT molecular complexity index is 709. The van der Waals surface area contributed by atoms with Crippen LogP contribution < -0.4 is 11.2 Å². The molecule has 9 heteroatoms. The van der Waals surface area contributed by atoms with Gasteiger partial charge < -0.3 is 14.3 Å². The Morgan fingerprint density at radius 1 is 1.46 bits per heavy atom. The molecule has 1 aliphatic heterocycles.